The van der Waals surface area contributed by atoms with Gasteiger partial charge in [-0.2, -0.15) is 0 Å². The van der Waals surface area contributed by atoms with E-state index in [9.17, 15) is 8.42 Å². The molecule has 0 amide bonds. The zero-order valence-electron chi connectivity index (χ0n) is 8.53. The lowest BCUT2D eigenvalue weighted by atomic mass is 10.3. The molecule has 0 spiro atoms. The fourth-order valence-electron chi connectivity index (χ4n) is 0.962. The van der Waals surface area contributed by atoms with Crippen LogP contribution >= 0.6 is 11.6 Å². The Kier molecular flexibility index (Phi) is 4.19. The van der Waals surface area contributed by atoms with E-state index in [-0.39, 0.29) is 16.5 Å². The molecule has 86 valence electrons. The lowest BCUT2D eigenvalue weighted by Gasteiger charge is -2.05. The maximum atomic E-state index is 11.0. The van der Waals surface area contributed by atoms with Crippen molar-refractivity contribution in [2.75, 3.05) is 6.61 Å². The molecular weight excluding hydrogens is 250 g/mol. The Hall–Kier alpha value is -1.22. The highest BCUT2D eigenvalue weighted by molar-refractivity contribution is 7.89. The number of hydrogen-bond acceptors (Lipinski definition) is 3. The standard InChI is InChI=1S/C10H10ClNO3S/c1-2-3-6-15-10-5-4-8(7-9(10)11)16(12,13)14/h4-5,7H,6H2,1H3,(H2,12,13,14). The van der Waals surface area contributed by atoms with E-state index in [0.717, 1.165) is 0 Å². The van der Waals surface area contributed by atoms with Crippen LogP contribution in [0.25, 0.3) is 0 Å². The van der Waals surface area contributed by atoms with Crippen LogP contribution in [0.4, 0.5) is 0 Å². The van der Waals surface area contributed by atoms with Crippen molar-refractivity contribution in [1.29, 1.82) is 0 Å². The van der Waals surface area contributed by atoms with Crippen LogP contribution < -0.4 is 9.88 Å². The summed E-state index contributed by atoms with van der Waals surface area (Å²) >= 11 is 5.82. The normalized spacial score (nSPS) is 10.4. The molecule has 1 aromatic rings. The molecule has 0 saturated carbocycles. The Morgan fingerprint density at radius 2 is 2.19 bits per heavy atom. The third-order valence-corrected chi connectivity index (χ3v) is 2.91. The van der Waals surface area contributed by atoms with Crippen molar-refractivity contribution in [3.8, 4) is 17.6 Å². The van der Waals surface area contributed by atoms with Gasteiger partial charge in [0.15, 0.2) is 0 Å². The molecular formula is C10H10ClNO3S. The molecule has 0 heterocycles. The summed E-state index contributed by atoms with van der Waals surface area (Å²) in [5, 5.41) is 5.13. The molecule has 1 rings (SSSR count). The van der Waals surface area contributed by atoms with Crippen LogP contribution in [-0.2, 0) is 10.0 Å². The van der Waals surface area contributed by atoms with Crippen LogP contribution in [0.15, 0.2) is 23.1 Å². The average molecular weight is 260 g/mol. The van der Waals surface area contributed by atoms with Crippen molar-refractivity contribution in [3.05, 3.63) is 23.2 Å². The van der Waals surface area contributed by atoms with Crippen molar-refractivity contribution in [2.24, 2.45) is 5.14 Å². The van der Waals surface area contributed by atoms with E-state index in [1.165, 1.54) is 18.2 Å². The zero-order valence-corrected chi connectivity index (χ0v) is 10.1. The summed E-state index contributed by atoms with van der Waals surface area (Å²) in [6.07, 6.45) is 0. The van der Waals surface area contributed by atoms with E-state index in [4.69, 9.17) is 21.5 Å². The van der Waals surface area contributed by atoms with E-state index < -0.39 is 10.0 Å². The molecule has 4 nitrogen and oxygen atoms in total. The lowest BCUT2D eigenvalue weighted by molar-refractivity contribution is 0.370. The third kappa shape index (κ3) is 3.42. The molecule has 0 aliphatic rings. The number of sulfonamides is 1. The first-order chi connectivity index (χ1) is 7.45. The fraction of sp³-hybridized carbons (Fsp3) is 0.200. The minimum Gasteiger partial charge on any atom is -0.479 e. The van der Waals surface area contributed by atoms with Crippen LogP contribution in [-0.4, -0.2) is 15.0 Å². The van der Waals surface area contributed by atoms with Crippen LogP contribution in [0.3, 0.4) is 0 Å². The number of benzene rings is 1. The summed E-state index contributed by atoms with van der Waals surface area (Å²) in [5.41, 5.74) is 0. The minimum atomic E-state index is -3.74. The van der Waals surface area contributed by atoms with Crippen LogP contribution in [0, 0.1) is 11.8 Å². The Morgan fingerprint density at radius 3 is 2.69 bits per heavy atom. The molecule has 0 saturated heterocycles. The Labute approximate surface area is 99.4 Å². The second-order valence-electron chi connectivity index (χ2n) is 2.85. The first kappa shape index (κ1) is 12.8. The first-order valence-corrected chi connectivity index (χ1v) is 6.22. The van der Waals surface area contributed by atoms with E-state index in [0.29, 0.717) is 5.75 Å². The van der Waals surface area contributed by atoms with Crippen molar-refractivity contribution >= 4 is 21.6 Å². The molecule has 0 aliphatic heterocycles. The van der Waals surface area contributed by atoms with E-state index in [1.807, 2.05) is 0 Å². The number of primary sulfonamides is 1. The van der Waals surface area contributed by atoms with Gasteiger partial charge < -0.3 is 4.74 Å². The van der Waals surface area contributed by atoms with E-state index >= 15 is 0 Å². The Balaban J connectivity index is 2.95. The highest BCUT2D eigenvalue weighted by Crippen LogP contribution is 2.26. The zero-order chi connectivity index (χ0) is 12.2. The number of rotatable bonds is 3. The monoisotopic (exact) mass is 259 g/mol. The molecule has 16 heavy (non-hydrogen) atoms. The van der Waals surface area contributed by atoms with Gasteiger partial charge >= 0.3 is 0 Å². The quantitative estimate of drug-likeness (QED) is 0.834. The van der Waals surface area contributed by atoms with Gasteiger partial charge in [-0.1, -0.05) is 17.5 Å². The average Bonchev–Trinajstić information content (AvgIpc) is 2.19. The van der Waals surface area contributed by atoms with Crippen LogP contribution in [0.1, 0.15) is 6.92 Å². The number of nitrogens with two attached hydrogens (primary N) is 1. The van der Waals surface area contributed by atoms with Gasteiger partial charge in [-0.25, -0.2) is 13.6 Å². The fourth-order valence-corrected chi connectivity index (χ4v) is 1.80. The smallest absolute Gasteiger partial charge is 0.238 e. The summed E-state index contributed by atoms with van der Waals surface area (Å²) in [7, 11) is -3.74. The Bertz CT molecular complexity index is 543. The molecule has 0 fully saturated rings. The van der Waals surface area contributed by atoms with Crippen LogP contribution in [0.5, 0.6) is 5.75 Å². The van der Waals surface area contributed by atoms with Gasteiger partial charge in [0.05, 0.1) is 9.92 Å². The highest BCUT2D eigenvalue weighted by Gasteiger charge is 2.10. The molecule has 6 heteroatoms. The SMILES string of the molecule is CC#CCOc1ccc(S(N)(=O)=O)cc1Cl. The Morgan fingerprint density at radius 1 is 1.50 bits per heavy atom. The van der Waals surface area contributed by atoms with Gasteiger partial charge in [0, 0.05) is 0 Å². The van der Waals surface area contributed by atoms with Crippen molar-refractivity contribution in [1.82, 2.24) is 0 Å². The van der Waals surface area contributed by atoms with Gasteiger partial charge in [-0.15, -0.1) is 5.92 Å². The van der Waals surface area contributed by atoms with Gasteiger partial charge in [-0.05, 0) is 25.1 Å². The number of halogens is 1. The van der Waals surface area contributed by atoms with E-state index in [2.05, 4.69) is 11.8 Å². The van der Waals surface area contributed by atoms with Crippen molar-refractivity contribution in [3.63, 3.8) is 0 Å². The lowest BCUT2D eigenvalue weighted by Crippen LogP contribution is -2.12. The summed E-state index contributed by atoms with van der Waals surface area (Å²) in [6, 6.07) is 4.01. The molecule has 1 aromatic carbocycles. The minimum absolute atomic E-state index is 0.0496. The second kappa shape index (κ2) is 5.21. The summed E-state index contributed by atoms with van der Waals surface area (Å²) in [4.78, 5) is -0.0496. The molecule has 0 atom stereocenters. The topological polar surface area (TPSA) is 69.4 Å². The predicted molar refractivity (Wildman–Crippen MR) is 61.8 cm³/mol. The van der Waals surface area contributed by atoms with Gasteiger partial charge in [-0.3, -0.25) is 0 Å². The maximum Gasteiger partial charge on any atom is 0.238 e. The van der Waals surface area contributed by atoms with Crippen LogP contribution in [0.2, 0.25) is 5.02 Å². The molecule has 0 aromatic heterocycles. The largest absolute Gasteiger partial charge is 0.479 e. The summed E-state index contributed by atoms with van der Waals surface area (Å²) in [6.45, 7) is 1.89. The molecule has 0 aliphatic carbocycles. The summed E-state index contributed by atoms with van der Waals surface area (Å²) in [5.74, 6) is 5.73. The van der Waals surface area contributed by atoms with Gasteiger partial charge in [0.2, 0.25) is 10.0 Å². The van der Waals surface area contributed by atoms with Gasteiger partial charge in [0.25, 0.3) is 0 Å². The predicted octanol–water partition coefficient (Wildman–Crippen LogP) is 1.39. The van der Waals surface area contributed by atoms with Crippen molar-refractivity contribution in [2.45, 2.75) is 11.8 Å². The first-order valence-electron chi connectivity index (χ1n) is 4.30. The van der Waals surface area contributed by atoms with E-state index in [1.54, 1.807) is 6.92 Å². The summed E-state index contributed by atoms with van der Waals surface area (Å²) < 4.78 is 27.2. The second-order valence-corrected chi connectivity index (χ2v) is 4.82. The molecule has 0 unspecified atom stereocenters. The molecule has 0 bridgehead atoms. The molecule has 2 N–H and O–H groups in total. The van der Waals surface area contributed by atoms with Crippen molar-refractivity contribution < 1.29 is 13.2 Å². The number of ether oxygens (including phenoxy) is 1. The molecule has 0 radical (unpaired) electrons. The number of hydrogen-bond donors (Lipinski definition) is 1. The highest BCUT2D eigenvalue weighted by atomic mass is 35.5. The third-order valence-electron chi connectivity index (χ3n) is 1.71. The van der Waals surface area contributed by atoms with Gasteiger partial charge in [0.1, 0.15) is 12.4 Å². The maximum absolute atomic E-state index is 11.0.